The predicted molar refractivity (Wildman–Crippen MR) is 54.1 cm³/mol. The molecule has 0 aromatic heterocycles. The first-order valence-corrected chi connectivity index (χ1v) is 4.62. The second-order valence-corrected chi connectivity index (χ2v) is 3.20. The quantitative estimate of drug-likeness (QED) is 0.765. The van der Waals surface area contributed by atoms with Crippen molar-refractivity contribution in [3.8, 4) is 11.8 Å². The lowest BCUT2D eigenvalue weighted by atomic mass is 10.0. The van der Waals surface area contributed by atoms with Crippen LogP contribution in [0.5, 0.6) is 5.75 Å². The smallest absolute Gasteiger partial charge is 0.417 e. The highest BCUT2D eigenvalue weighted by Crippen LogP contribution is 2.36. The van der Waals surface area contributed by atoms with Crippen molar-refractivity contribution in [1.82, 2.24) is 0 Å². The minimum absolute atomic E-state index is 0.179. The van der Waals surface area contributed by atoms with Crippen LogP contribution < -0.4 is 4.74 Å². The first-order chi connectivity index (χ1) is 8.35. The third-order valence-corrected chi connectivity index (χ3v) is 2.17. The van der Waals surface area contributed by atoms with E-state index in [1.54, 1.807) is 0 Å². The number of carbonyl (C=O) groups is 1. The zero-order valence-corrected chi connectivity index (χ0v) is 9.46. The highest BCUT2D eigenvalue weighted by molar-refractivity contribution is 5.93. The Kier molecular flexibility index (Phi) is 3.81. The molecule has 0 fully saturated rings. The van der Waals surface area contributed by atoms with Gasteiger partial charge in [-0.2, -0.15) is 18.4 Å². The van der Waals surface area contributed by atoms with E-state index in [0.29, 0.717) is 6.07 Å². The Bertz CT molecular complexity index is 517. The summed E-state index contributed by atoms with van der Waals surface area (Å²) in [7, 11) is 2.17. The summed E-state index contributed by atoms with van der Waals surface area (Å²) >= 11 is 0. The van der Waals surface area contributed by atoms with Gasteiger partial charge in [-0.1, -0.05) is 0 Å². The number of methoxy groups -OCH3 is 2. The second-order valence-electron chi connectivity index (χ2n) is 3.20. The fourth-order valence-electron chi connectivity index (χ4n) is 1.35. The fourth-order valence-corrected chi connectivity index (χ4v) is 1.35. The van der Waals surface area contributed by atoms with E-state index in [1.807, 2.05) is 0 Å². The molecule has 0 heterocycles. The number of nitrogens with zero attached hydrogens (tertiary/aromatic N) is 1. The molecule has 96 valence electrons. The molecule has 0 saturated carbocycles. The van der Waals surface area contributed by atoms with Gasteiger partial charge in [-0.25, -0.2) is 4.79 Å². The van der Waals surface area contributed by atoms with Crippen LogP contribution in [-0.4, -0.2) is 20.2 Å². The van der Waals surface area contributed by atoms with Gasteiger partial charge in [0.05, 0.1) is 30.9 Å². The molecule has 0 spiro atoms. The van der Waals surface area contributed by atoms with Gasteiger partial charge >= 0.3 is 12.1 Å². The number of nitriles is 1. The van der Waals surface area contributed by atoms with E-state index >= 15 is 0 Å². The maximum atomic E-state index is 12.7. The highest BCUT2D eigenvalue weighted by atomic mass is 19.4. The topological polar surface area (TPSA) is 59.3 Å². The zero-order valence-electron chi connectivity index (χ0n) is 9.46. The van der Waals surface area contributed by atoms with Gasteiger partial charge in [-0.05, 0) is 12.1 Å². The first-order valence-electron chi connectivity index (χ1n) is 4.62. The molecule has 1 aromatic rings. The molecule has 7 heteroatoms. The molecular formula is C11H8F3NO3. The van der Waals surface area contributed by atoms with Gasteiger partial charge in [0, 0.05) is 0 Å². The molecule has 4 nitrogen and oxygen atoms in total. The van der Waals surface area contributed by atoms with Crippen molar-refractivity contribution in [1.29, 1.82) is 5.26 Å². The molecule has 0 aliphatic carbocycles. The normalized spacial score (nSPS) is 10.7. The summed E-state index contributed by atoms with van der Waals surface area (Å²) in [5.41, 5.74) is -2.49. The van der Waals surface area contributed by atoms with Crippen molar-refractivity contribution in [3.05, 3.63) is 28.8 Å². The molecule has 0 aliphatic rings. The largest absolute Gasteiger partial charge is 0.497 e. The van der Waals surface area contributed by atoms with E-state index in [2.05, 4.69) is 9.47 Å². The lowest BCUT2D eigenvalue weighted by Gasteiger charge is -2.13. The maximum Gasteiger partial charge on any atom is 0.417 e. The van der Waals surface area contributed by atoms with Gasteiger partial charge in [-0.15, -0.1) is 0 Å². The molecule has 0 atom stereocenters. The van der Waals surface area contributed by atoms with Crippen molar-refractivity contribution in [2.45, 2.75) is 6.18 Å². The molecule has 0 amide bonds. The first kappa shape index (κ1) is 13.8. The van der Waals surface area contributed by atoms with Gasteiger partial charge in [0.15, 0.2) is 0 Å². The number of carbonyl (C=O) groups excluding carboxylic acids is 1. The zero-order chi connectivity index (χ0) is 13.9. The molecule has 0 radical (unpaired) electrons. The van der Waals surface area contributed by atoms with Crippen LogP contribution >= 0.6 is 0 Å². The summed E-state index contributed by atoms with van der Waals surface area (Å²) < 4.78 is 47.2. The average Bonchev–Trinajstić information content (AvgIpc) is 2.34. The number of halogens is 3. The number of hydrogen-bond acceptors (Lipinski definition) is 4. The van der Waals surface area contributed by atoms with Crippen LogP contribution in [0.2, 0.25) is 0 Å². The number of rotatable bonds is 2. The number of alkyl halides is 3. The van der Waals surface area contributed by atoms with Crippen molar-refractivity contribution in [2.75, 3.05) is 14.2 Å². The lowest BCUT2D eigenvalue weighted by Crippen LogP contribution is -2.13. The minimum atomic E-state index is -4.76. The molecule has 0 saturated heterocycles. The molecule has 0 aliphatic heterocycles. The molecular weight excluding hydrogens is 251 g/mol. The van der Waals surface area contributed by atoms with E-state index in [-0.39, 0.29) is 5.75 Å². The second kappa shape index (κ2) is 4.96. The summed E-state index contributed by atoms with van der Waals surface area (Å²) in [5.74, 6) is -1.21. The van der Waals surface area contributed by atoms with E-state index < -0.39 is 28.8 Å². The number of esters is 1. The maximum absolute atomic E-state index is 12.7. The number of ether oxygens (including phenoxy) is 2. The van der Waals surface area contributed by atoms with Gasteiger partial charge < -0.3 is 9.47 Å². The molecule has 0 bridgehead atoms. The Morgan fingerprint density at radius 2 is 1.94 bits per heavy atom. The third kappa shape index (κ3) is 2.53. The van der Waals surface area contributed by atoms with Crippen LogP contribution in [0.25, 0.3) is 0 Å². The number of benzene rings is 1. The van der Waals surface area contributed by atoms with E-state index in [1.165, 1.54) is 6.07 Å². The van der Waals surface area contributed by atoms with Crippen LogP contribution in [0.1, 0.15) is 21.5 Å². The predicted octanol–water partition coefficient (Wildman–Crippen LogP) is 2.37. The van der Waals surface area contributed by atoms with E-state index in [4.69, 9.17) is 5.26 Å². The Hall–Kier alpha value is -2.23. The van der Waals surface area contributed by atoms with Crippen LogP contribution in [0.15, 0.2) is 12.1 Å². The SMILES string of the molecule is COC(=O)c1cc(OC)cc(C(F)(F)F)c1C#N. The summed E-state index contributed by atoms with van der Waals surface area (Å²) in [6.45, 7) is 0. The molecule has 1 aromatic carbocycles. The Labute approximate surface area is 101 Å². The lowest BCUT2D eigenvalue weighted by molar-refractivity contribution is -0.137. The standard InChI is InChI=1S/C11H8F3NO3/c1-17-6-3-7(10(16)18-2)8(5-15)9(4-6)11(12,13)14/h3-4H,1-2H3. The fraction of sp³-hybridized carbons (Fsp3) is 0.273. The van der Waals surface area contributed by atoms with Crippen LogP contribution in [-0.2, 0) is 10.9 Å². The van der Waals surface area contributed by atoms with Gasteiger partial charge in [0.25, 0.3) is 0 Å². The average molecular weight is 259 g/mol. The Morgan fingerprint density at radius 3 is 2.33 bits per heavy atom. The van der Waals surface area contributed by atoms with Crippen LogP contribution in [0, 0.1) is 11.3 Å². The van der Waals surface area contributed by atoms with E-state index in [9.17, 15) is 18.0 Å². The van der Waals surface area contributed by atoms with Crippen LogP contribution in [0.3, 0.4) is 0 Å². The van der Waals surface area contributed by atoms with Gasteiger partial charge in [0.2, 0.25) is 0 Å². The summed E-state index contributed by atoms with van der Waals surface area (Å²) in [6.07, 6.45) is -4.76. The molecule has 18 heavy (non-hydrogen) atoms. The van der Waals surface area contributed by atoms with Crippen molar-refractivity contribution >= 4 is 5.97 Å². The van der Waals surface area contributed by atoms with Gasteiger partial charge in [0.1, 0.15) is 11.8 Å². The minimum Gasteiger partial charge on any atom is -0.497 e. The highest BCUT2D eigenvalue weighted by Gasteiger charge is 2.36. The summed E-state index contributed by atoms with van der Waals surface area (Å²) in [6, 6.07) is 3.05. The Balaban J connectivity index is 3.62. The summed E-state index contributed by atoms with van der Waals surface area (Å²) in [5, 5.41) is 8.77. The Morgan fingerprint density at radius 1 is 1.33 bits per heavy atom. The molecule has 0 unspecified atom stereocenters. The van der Waals surface area contributed by atoms with Crippen molar-refractivity contribution < 1.29 is 27.4 Å². The van der Waals surface area contributed by atoms with Crippen molar-refractivity contribution in [3.63, 3.8) is 0 Å². The van der Waals surface area contributed by atoms with Crippen LogP contribution in [0.4, 0.5) is 13.2 Å². The van der Waals surface area contributed by atoms with Crippen molar-refractivity contribution in [2.24, 2.45) is 0 Å². The third-order valence-electron chi connectivity index (χ3n) is 2.17. The molecule has 0 N–H and O–H groups in total. The summed E-state index contributed by atoms with van der Waals surface area (Å²) in [4.78, 5) is 11.3. The number of hydrogen-bond donors (Lipinski definition) is 0. The monoisotopic (exact) mass is 259 g/mol. The van der Waals surface area contributed by atoms with Gasteiger partial charge in [-0.3, -0.25) is 0 Å². The molecule has 1 rings (SSSR count). The van der Waals surface area contributed by atoms with E-state index in [0.717, 1.165) is 20.3 Å².